The number of ether oxygens (including phenoxy) is 1. The number of aryl methyl sites for hydroxylation is 1. The predicted molar refractivity (Wildman–Crippen MR) is 72.0 cm³/mol. The van der Waals surface area contributed by atoms with Crippen molar-refractivity contribution in [1.82, 2.24) is 9.97 Å². The van der Waals surface area contributed by atoms with E-state index in [9.17, 15) is 14.5 Å². The topological polar surface area (TPSA) is 104 Å². The zero-order valence-corrected chi connectivity index (χ0v) is 11.7. The van der Waals surface area contributed by atoms with E-state index in [1.165, 1.54) is 13.0 Å². The van der Waals surface area contributed by atoms with Crippen molar-refractivity contribution in [1.29, 1.82) is 0 Å². The minimum atomic E-state index is -0.869. The fourth-order valence-corrected chi connectivity index (χ4v) is 1.75. The highest BCUT2D eigenvalue weighted by atomic mass is 79.9. The van der Waals surface area contributed by atoms with Crippen LogP contribution < -0.4 is 10.5 Å². The summed E-state index contributed by atoms with van der Waals surface area (Å²) in [5.74, 6) is -0.906. The highest BCUT2D eigenvalue weighted by Crippen LogP contribution is 2.34. The van der Waals surface area contributed by atoms with E-state index in [2.05, 4.69) is 25.9 Å². The van der Waals surface area contributed by atoms with Crippen molar-refractivity contribution < 1.29 is 14.1 Å². The molecule has 1 heterocycles. The zero-order chi connectivity index (χ0) is 14.9. The van der Waals surface area contributed by atoms with Crippen molar-refractivity contribution in [3.05, 3.63) is 44.4 Å². The maximum absolute atomic E-state index is 13.8. The molecule has 9 heteroatoms. The Balaban J connectivity index is 2.42. The number of nitrogens with two attached hydrogens (primary N) is 1. The molecule has 0 saturated carbocycles. The second-order valence-corrected chi connectivity index (χ2v) is 4.60. The fraction of sp³-hybridized carbons (Fsp3) is 0.0909. The number of halogens is 2. The first-order chi connectivity index (χ1) is 9.40. The van der Waals surface area contributed by atoms with Gasteiger partial charge in [0.15, 0.2) is 11.6 Å². The Bertz CT molecular complexity index is 696. The summed E-state index contributed by atoms with van der Waals surface area (Å²) in [6, 6.07) is 2.02. The molecule has 0 radical (unpaired) electrons. The first-order valence-electron chi connectivity index (χ1n) is 5.28. The molecule has 0 bridgehead atoms. The van der Waals surface area contributed by atoms with Crippen molar-refractivity contribution in [2.24, 2.45) is 0 Å². The van der Waals surface area contributed by atoms with Gasteiger partial charge in [-0.05, 0) is 28.9 Å². The summed E-state index contributed by atoms with van der Waals surface area (Å²) < 4.78 is 19.3. The number of nitro groups is 1. The van der Waals surface area contributed by atoms with Crippen LogP contribution in [0.15, 0.2) is 22.9 Å². The van der Waals surface area contributed by atoms with Gasteiger partial charge in [-0.25, -0.2) is 14.4 Å². The van der Waals surface area contributed by atoms with Crippen LogP contribution in [0.2, 0.25) is 0 Å². The van der Waals surface area contributed by atoms with E-state index in [-0.39, 0.29) is 33.2 Å². The Hall–Kier alpha value is -2.29. The number of benzene rings is 1. The number of nitro benzene ring substituents is 1. The molecule has 0 aliphatic rings. The molecule has 20 heavy (non-hydrogen) atoms. The lowest BCUT2D eigenvalue weighted by Crippen LogP contribution is -1.99. The van der Waals surface area contributed by atoms with Crippen LogP contribution in [0.3, 0.4) is 0 Å². The molecule has 0 aliphatic carbocycles. The second-order valence-electron chi connectivity index (χ2n) is 3.81. The van der Waals surface area contributed by atoms with Crippen molar-refractivity contribution in [3.8, 4) is 11.6 Å². The third kappa shape index (κ3) is 2.67. The third-order valence-corrected chi connectivity index (χ3v) is 3.18. The van der Waals surface area contributed by atoms with E-state index in [1.807, 2.05) is 0 Å². The molecule has 1 aromatic carbocycles. The minimum Gasteiger partial charge on any atom is -0.435 e. The number of rotatable bonds is 3. The average molecular weight is 343 g/mol. The van der Waals surface area contributed by atoms with Gasteiger partial charge in [0.05, 0.1) is 11.0 Å². The molecule has 104 valence electrons. The van der Waals surface area contributed by atoms with E-state index in [0.717, 1.165) is 12.4 Å². The predicted octanol–water partition coefficient (Wildman–Crippen LogP) is 2.97. The molecule has 0 amide bonds. The Kier molecular flexibility index (Phi) is 3.79. The van der Waals surface area contributed by atoms with Gasteiger partial charge >= 0.3 is 0 Å². The number of hydrogen-bond acceptors (Lipinski definition) is 6. The number of anilines is 1. The zero-order valence-electron chi connectivity index (χ0n) is 10.1. The highest BCUT2D eigenvalue weighted by molar-refractivity contribution is 9.10. The lowest BCUT2D eigenvalue weighted by atomic mass is 10.2. The molecular weight excluding hydrogens is 335 g/mol. The van der Waals surface area contributed by atoms with E-state index in [0.29, 0.717) is 0 Å². The molecule has 0 fully saturated rings. The van der Waals surface area contributed by atoms with Crippen LogP contribution in [0.25, 0.3) is 0 Å². The van der Waals surface area contributed by atoms with E-state index in [1.54, 1.807) is 0 Å². The standard InChI is InChI=1S/C11H8BrFN4O3/c1-5-2-8(6(13)3-7(5)17(18)19)20-11-9(12)10(14)15-4-16-11/h2-4H,1H3,(H2,14,15,16). The first-order valence-corrected chi connectivity index (χ1v) is 6.07. The van der Waals surface area contributed by atoms with Gasteiger partial charge in [-0.1, -0.05) is 0 Å². The highest BCUT2D eigenvalue weighted by Gasteiger charge is 2.18. The monoisotopic (exact) mass is 342 g/mol. The molecule has 7 nitrogen and oxygen atoms in total. The molecule has 0 spiro atoms. The van der Waals surface area contributed by atoms with Gasteiger partial charge in [0.2, 0.25) is 5.88 Å². The summed E-state index contributed by atoms with van der Waals surface area (Å²) in [4.78, 5) is 17.5. The molecule has 2 aromatic rings. The summed E-state index contributed by atoms with van der Waals surface area (Å²) in [5, 5.41) is 10.7. The van der Waals surface area contributed by atoms with Gasteiger partial charge in [-0.15, -0.1) is 0 Å². The summed E-state index contributed by atoms with van der Waals surface area (Å²) in [5.41, 5.74) is 5.49. The van der Waals surface area contributed by atoms with Gasteiger partial charge in [-0.3, -0.25) is 10.1 Å². The summed E-state index contributed by atoms with van der Waals surface area (Å²) in [6.07, 6.45) is 1.16. The van der Waals surface area contributed by atoms with Crippen LogP contribution in [-0.4, -0.2) is 14.9 Å². The average Bonchev–Trinajstić information content (AvgIpc) is 2.38. The van der Waals surface area contributed by atoms with E-state index >= 15 is 0 Å². The van der Waals surface area contributed by atoms with Crippen molar-refractivity contribution in [2.45, 2.75) is 6.92 Å². The number of nitrogens with zero attached hydrogens (tertiary/aromatic N) is 3. The van der Waals surface area contributed by atoms with Gasteiger partial charge in [0.1, 0.15) is 16.6 Å². The summed E-state index contributed by atoms with van der Waals surface area (Å²) >= 11 is 3.11. The Labute approximate surface area is 120 Å². The van der Waals surface area contributed by atoms with Gasteiger partial charge in [0.25, 0.3) is 5.69 Å². The van der Waals surface area contributed by atoms with Gasteiger partial charge < -0.3 is 10.5 Å². The third-order valence-electron chi connectivity index (χ3n) is 2.44. The second kappa shape index (κ2) is 5.37. The quantitative estimate of drug-likeness (QED) is 0.679. The maximum Gasteiger partial charge on any atom is 0.275 e. The lowest BCUT2D eigenvalue weighted by molar-refractivity contribution is -0.385. The number of aromatic nitrogens is 2. The smallest absolute Gasteiger partial charge is 0.275 e. The normalized spacial score (nSPS) is 10.3. The van der Waals surface area contributed by atoms with E-state index < -0.39 is 10.7 Å². The molecular formula is C11H8BrFN4O3. The summed E-state index contributed by atoms with van der Waals surface area (Å²) in [6.45, 7) is 1.48. The molecule has 2 N–H and O–H groups in total. The van der Waals surface area contributed by atoms with Crippen LogP contribution in [0.5, 0.6) is 11.6 Å². The van der Waals surface area contributed by atoms with Crippen LogP contribution in [0, 0.1) is 22.9 Å². The Morgan fingerprint density at radius 3 is 2.80 bits per heavy atom. The Morgan fingerprint density at radius 2 is 2.15 bits per heavy atom. The first kappa shape index (κ1) is 14.1. The van der Waals surface area contributed by atoms with Crippen molar-refractivity contribution in [3.63, 3.8) is 0 Å². The van der Waals surface area contributed by atoms with Gasteiger partial charge in [0, 0.05) is 5.56 Å². The van der Waals surface area contributed by atoms with Crippen molar-refractivity contribution >= 4 is 27.4 Å². The van der Waals surface area contributed by atoms with Crippen molar-refractivity contribution in [2.75, 3.05) is 5.73 Å². The fourth-order valence-electron chi connectivity index (χ4n) is 1.46. The van der Waals surface area contributed by atoms with Crippen LogP contribution in [0.4, 0.5) is 15.9 Å². The van der Waals surface area contributed by atoms with Crippen LogP contribution in [-0.2, 0) is 0 Å². The van der Waals surface area contributed by atoms with Crippen LogP contribution in [0.1, 0.15) is 5.56 Å². The Morgan fingerprint density at radius 1 is 1.45 bits per heavy atom. The lowest BCUT2D eigenvalue weighted by Gasteiger charge is -2.09. The van der Waals surface area contributed by atoms with Crippen LogP contribution >= 0.6 is 15.9 Å². The molecule has 0 atom stereocenters. The molecule has 0 unspecified atom stereocenters. The molecule has 2 rings (SSSR count). The molecule has 1 aromatic heterocycles. The maximum atomic E-state index is 13.8. The number of hydrogen-bond donors (Lipinski definition) is 1. The SMILES string of the molecule is Cc1cc(Oc2ncnc(N)c2Br)c(F)cc1[N+](=O)[O-]. The number of nitrogen functional groups attached to an aromatic ring is 1. The molecule has 0 saturated heterocycles. The van der Waals surface area contributed by atoms with E-state index in [4.69, 9.17) is 10.5 Å². The summed E-state index contributed by atoms with van der Waals surface area (Å²) in [7, 11) is 0. The minimum absolute atomic E-state index is 0.0182. The largest absolute Gasteiger partial charge is 0.435 e. The molecule has 0 aliphatic heterocycles. The van der Waals surface area contributed by atoms with Gasteiger partial charge in [-0.2, -0.15) is 0 Å².